The molecule has 0 bridgehead atoms. The van der Waals surface area contributed by atoms with Crippen molar-refractivity contribution in [3.8, 4) is 11.1 Å². The van der Waals surface area contributed by atoms with Crippen molar-refractivity contribution in [1.29, 1.82) is 0 Å². The number of hydrogen-bond acceptors (Lipinski definition) is 4. The number of pyridine rings is 1. The molecular weight excluding hydrogens is 340 g/mol. The average molecular weight is 364 g/mol. The molecule has 1 amide bonds. The topological polar surface area (TPSA) is 90.6 Å². The highest BCUT2D eigenvalue weighted by molar-refractivity contribution is 5.93. The smallest absolute Gasteiger partial charge is 0.274 e. The molecule has 7 heteroatoms. The normalized spacial score (nSPS) is 17.4. The molecule has 3 aromatic rings. The third kappa shape index (κ3) is 3.25. The van der Waals surface area contributed by atoms with Crippen LogP contribution in [0.1, 0.15) is 61.5 Å². The van der Waals surface area contributed by atoms with Crippen molar-refractivity contribution in [3.63, 3.8) is 0 Å². The number of amides is 1. The quantitative estimate of drug-likeness (QED) is 0.744. The molecule has 4 rings (SSSR count). The highest BCUT2D eigenvalue weighted by atomic mass is 16.2. The maximum Gasteiger partial charge on any atom is 0.274 e. The summed E-state index contributed by atoms with van der Waals surface area (Å²) in [5.41, 5.74) is 4.38. The van der Waals surface area contributed by atoms with Crippen LogP contribution < -0.4 is 0 Å². The lowest BCUT2D eigenvalue weighted by Crippen LogP contribution is -2.31. The van der Waals surface area contributed by atoms with E-state index in [2.05, 4.69) is 46.1 Å². The van der Waals surface area contributed by atoms with Crippen molar-refractivity contribution < 1.29 is 4.79 Å². The number of nitrogens with zero attached hydrogens (tertiary/aromatic N) is 4. The van der Waals surface area contributed by atoms with E-state index in [1.807, 2.05) is 29.3 Å². The Bertz CT molecular complexity index is 937. The van der Waals surface area contributed by atoms with Crippen LogP contribution in [0.25, 0.3) is 11.1 Å². The van der Waals surface area contributed by atoms with Gasteiger partial charge in [0.05, 0.1) is 17.9 Å². The number of rotatable bonds is 3. The molecule has 0 aromatic carbocycles. The predicted octanol–water partition coefficient (Wildman–Crippen LogP) is 3.47. The van der Waals surface area contributed by atoms with Gasteiger partial charge in [0.1, 0.15) is 5.69 Å². The van der Waals surface area contributed by atoms with Gasteiger partial charge in [-0.05, 0) is 36.6 Å². The molecule has 0 radical (unpaired) electrons. The van der Waals surface area contributed by atoms with Crippen molar-refractivity contribution >= 4 is 5.91 Å². The summed E-state index contributed by atoms with van der Waals surface area (Å²) in [6, 6.07) is 5.75. The van der Waals surface area contributed by atoms with E-state index in [1.165, 1.54) is 0 Å². The van der Waals surface area contributed by atoms with Crippen LogP contribution in [-0.4, -0.2) is 42.7 Å². The number of hydrogen-bond donors (Lipinski definition) is 2. The van der Waals surface area contributed by atoms with E-state index in [0.29, 0.717) is 5.69 Å². The second-order valence-corrected chi connectivity index (χ2v) is 8.01. The zero-order chi connectivity index (χ0) is 19.0. The Labute approximate surface area is 158 Å². The minimum absolute atomic E-state index is 0.0297. The molecule has 140 valence electrons. The third-order valence-corrected chi connectivity index (χ3v) is 5.11. The van der Waals surface area contributed by atoms with Crippen LogP contribution in [-0.2, 0) is 5.41 Å². The average Bonchev–Trinajstić information content (AvgIpc) is 3.40. The van der Waals surface area contributed by atoms with E-state index in [-0.39, 0.29) is 17.4 Å². The van der Waals surface area contributed by atoms with Gasteiger partial charge < -0.3 is 4.90 Å². The lowest BCUT2D eigenvalue weighted by molar-refractivity contribution is 0.0727. The van der Waals surface area contributed by atoms with E-state index < -0.39 is 0 Å². The summed E-state index contributed by atoms with van der Waals surface area (Å²) >= 11 is 0. The first kappa shape index (κ1) is 17.5. The summed E-state index contributed by atoms with van der Waals surface area (Å²) < 4.78 is 0. The molecule has 1 aliphatic rings. The van der Waals surface area contributed by atoms with Gasteiger partial charge in [0.2, 0.25) is 0 Å². The highest BCUT2D eigenvalue weighted by Crippen LogP contribution is 2.37. The monoisotopic (exact) mass is 364 g/mol. The SMILES string of the molecule is CC(C)(C)c1cc(C(=O)N2CCCC2c2[nH]ncc2-c2ccncc2)n[nH]1. The Morgan fingerprint density at radius 2 is 2.00 bits per heavy atom. The molecule has 0 aliphatic carbocycles. The molecule has 1 saturated heterocycles. The summed E-state index contributed by atoms with van der Waals surface area (Å²) in [5, 5.41) is 14.6. The first-order valence-corrected chi connectivity index (χ1v) is 9.25. The Morgan fingerprint density at radius 3 is 2.70 bits per heavy atom. The highest BCUT2D eigenvalue weighted by Gasteiger charge is 2.34. The van der Waals surface area contributed by atoms with Crippen molar-refractivity contribution in [2.45, 2.75) is 45.1 Å². The molecule has 0 saturated carbocycles. The van der Waals surface area contributed by atoms with Crippen molar-refractivity contribution in [2.24, 2.45) is 0 Å². The number of aromatic amines is 2. The van der Waals surface area contributed by atoms with E-state index in [1.54, 1.807) is 12.4 Å². The fourth-order valence-electron chi connectivity index (χ4n) is 3.58. The van der Waals surface area contributed by atoms with Gasteiger partial charge in [0.15, 0.2) is 0 Å². The van der Waals surface area contributed by atoms with Gasteiger partial charge >= 0.3 is 0 Å². The molecule has 3 aromatic heterocycles. The molecule has 4 heterocycles. The van der Waals surface area contributed by atoms with Gasteiger partial charge in [-0.1, -0.05) is 20.8 Å². The predicted molar refractivity (Wildman–Crippen MR) is 102 cm³/mol. The summed E-state index contributed by atoms with van der Waals surface area (Å²) in [4.78, 5) is 19.1. The number of carbonyl (C=O) groups is 1. The Balaban J connectivity index is 1.63. The summed E-state index contributed by atoms with van der Waals surface area (Å²) in [5.74, 6) is -0.0421. The van der Waals surface area contributed by atoms with Gasteiger partial charge in [-0.2, -0.15) is 10.2 Å². The minimum atomic E-state index is -0.0756. The molecule has 2 N–H and O–H groups in total. The van der Waals surface area contributed by atoms with Crippen LogP contribution in [0.5, 0.6) is 0 Å². The van der Waals surface area contributed by atoms with Gasteiger partial charge in [0, 0.05) is 35.6 Å². The molecule has 0 spiro atoms. The fourth-order valence-corrected chi connectivity index (χ4v) is 3.58. The second-order valence-electron chi connectivity index (χ2n) is 8.01. The molecule has 7 nitrogen and oxygen atoms in total. The molecule has 27 heavy (non-hydrogen) atoms. The van der Waals surface area contributed by atoms with Gasteiger partial charge in [-0.25, -0.2) is 0 Å². The third-order valence-electron chi connectivity index (χ3n) is 5.11. The first-order chi connectivity index (χ1) is 12.9. The summed E-state index contributed by atoms with van der Waals surface area (Å²) in [7, 11) is 0. The summed E-state index contributed by atoms with van der Waals surface area (Å²) in [6.07, 6.45) is 7.21. The number of carbonyl (C=O) groups excluding carboxylic acids is 1. The van der Waals surface area contributed by atoms with E-state index in [4.69, 9.17) is 0 Å². The van der Waals surface area contributed by atoms with Crippen LogP contribution in [0.3, 0.4) is 0 Å². The number of nitrogens with one attached hydrogen (secondary N) is 2. The van der Waals surface area contributed by atoms with Crippen molar-refractivity contribution in [2.75, 3.05) is 6.54 Å². The first-order valence-electron chi connectivity index (χ1n) is 9.25. The Morgan fingerprint density at radius 1 is 1.22 bits per heavy atom. The van der Waals surface area contributed by atoms with Crippen LogP contribution >= 0.6 is 0 Å². The number of aromatic nitrogens is 5. The maximum atomic E-state index is 13.1. The molecule has 1 fully saturated rings. The maximum absolute atomic E-state index is 13.1. The van der Waals surface area contributed by atoms with Gasteiger partial charge in [-0.3, -0.25) is 20.0 Å². The largest absolute Gasteiger partial charge is 0.329 e. The molecule has 1 unspecified atom stereocenters. The lowest BCUT2D eigenvalue weighted by Gasteiger charge is -2.24. The zero-order valence-corrected chi connectivity index (χ0v) is 15.9. The van der Waals surface area contributed by atoms with Crippen LogP contribution in [0, 0.1) is 0 Å². The summed E-state index contributed by atoms with van der Waals surface area (Å²) in [6.45, 7) is 7.01. The molecule has 1 atom stereocenters. The Hall–Kier alpha value is -2.96. The lowest BCUT2D eigenvalue weighted by atomic mass is 9.92. The zero-order valence-electron chi connectivity index (χ0n) is 15.9. The fraction of sp³-hybridized carbons (Fsp3) is 0.400. The van der Waals surface area contributed by atoms with E-state index in [0.717, 1.165) is 41.9 Å². The number of H-pyrrole nitrogens is 2. The van der Waals surface area contributed by atoms with Crippen LogP contribution in [0.2, 0.25) is 0 Å². The standard InChI is InChI=1S/C20H24N6O/c1-20(2,3)17-11-15(23-24-17)19(27)26-10-4-5-16(26)18-14(12-22-25-18)13-6-8-21-9-7-13/h6-9,11-12,16H,4-5,10H2,1-3H3,(H,22,25)(H,23,24). The van der Waals surface area contributed by atoms with Crippen LogP contribution in [0.15, 0.2) is 36.8 Å². The van der Waals surface area contributed by atoms with Crippen molar-refractivity contribution in [3.05, 3.63) is 53.9 Å². The van der Waals surface area contributed by atoms with E-state index in [9.17, 15) is 4.79 Å². The van der Waals surface area contributed by atoms with Crippen molar-refractivity contribution in [1.82, 2.24) is 30.3 Å². The number of likely N-dealkylation sites (tertiary alicyclic amines) is 1. The molecule has 1 aliphatic heterocycles. The minimum Gasteiger partial charge on any atom is -0.329 e. The molecular formula is C20H24N6O. The van der Waals surface area contributed by atoms with E-state index >= 15 is 0 Å². The van der Waals surface area contributed by atoms with Gasteiger partial charge in [0.25, 0.3) is 5.91 Å². The van der Waals surface area contributed by atoms with Crippen LogP contribution in [0.4, 0.5) is 0 Å². The Kier molecular flexibility index (Phi) is 4.30. The van der Waals surface area contributed by atoms with Gasteiger partial charge in [-0.15, -0.1) is 0 Å². The second kappa shape index (κ2) is 6.64.